The molecular formula is C16H18N5O3S-. The number of amides is 1. The van der Waals surface area contributed by atoms with Crippen molar-refractivity contribution in [1.82, 2.24) is 25.5 Å². The maximum Gasteiger partial charge on any atom is 0.230 e. The Morgan fingerprint density at radius 1 is 1.20 bits per heavy atom. The van der Waals surface area contributed by atoms with E-state index in [-0.39, 0.29) is 23.3 Å². The number of hydrogen-bond acceptors (Lipinski definition) is 7. The van der Waals surface area contributed by atoms with Gasteiger partial charge in [-0.05, 0) is 41.0 Å². The van der Waals surface area contributed by atoms with Gasteiger partial charge in [-0.2, -0.15) is 4.68 Å². The third kappa shape index (κ3) is 4.56. The van der Waals surface area contributed by atoms with Gasteiger partial charge in [0.2, 0.25) is 11.1 Å². The molecule has 1 aliphatic carbocycles. The highest BCUT2D eigenvalue weighted by Crippen LogP contribution is 2.20. The topological polar surface area (TPSA) is 113 Å². The van der Waals surface area contributed by atoms with E-state index in [9.17, 15) is 14.7 Å². The molecule has 1 aromatic carbocycles. The maximum absolute atomic E-state index is 12.1. The van der Waals surface area contributed by atoms with Crippen LogP contribution in [0.25, 0.3) is 5.69 Å². The summed E-state index contributed by atoms with van der Waals surface area (Å²) in [6.45, 7) is 0. The van der Waals surface area contributed by atoms with Crippen molar-refractivity contribution in [2.45, 2.75) is 43.3 Å². The number of benzene rings is 1. The summed E-state index contributed by atoms with van der Waals surface area (Å²) in [5.41, 5.74) is 0.697. The van der Waals surface area contributed by atoms with E-state index in [1.54, 1.807) is 12.1 Å². The van der Waals surface area contributed by atoms with Crippen LogP contribution in [-0.4, -0.2) is 43.9 Å². The molecule has 0 bridgehead atoms. The zero-order valence-corrected chi connectivity index (χ0v) is 14.4. The number of rotatable bonds is 6. The summed E-state index contributed by atoms with van der Waals surface area (Å²) < 4.78 is 1.47. The summed E-state index contributed by atoms with van der Waals surface area (Å²) in [5, 5.41) is 25.8. The van der Waals surface area contributed by atoms with Crippen molar-refractivity contribution < 1.29 is 14.7 Å². The summed E-state index contributed by atoms with van der Waals surface area (Å²) in [5.74, 6) is -1.04. The van der Waals surface area contributed by atoms with Crippen LogP contribution in [0.3, 0.4) is 0 Å². The lowest BCUT2D eigenvalue weighted by Crippen LogP contribution is -2.37. The molecule has 0 radical (unpaired) electrons. The van der Waals surface area contributed by atoms with E-state index < -0.39 is 5.97 Å². The van der Waals surface area contributed by atoms with Crippen LogP contribution in [0.2, 0.25) is 0 Å². The predicted octanol–water partition coefficient (Wildman–Crippen LogP) is 0.567. The molecule has 3 rings (SSSR count). The van der Waals surface area contributed by atoms with E-state index in [1.807, 2.05) is 0 Å². The fourth-order valence-electron chi connectivity index (χ4n) is 2.82. The van der Waals surface area contributed by atoms with Crippen LogP contribution in [-0.2, 0) is 4.79 Å². The molecule has 1 amide bonds. The normalized spacial score (nSPS) is 15.0. The summed E-state index contributed by atoms with van der Waals surface area (Å²) in [6, 6.07) is 6.31. The first-order valence-electron chi connectivity index (χ1n) is 8.16. The first-order chi connectivity index (χ1) is 12.1. The molecule has 1 saturated carbocycles. The van der Waals surface area contributed by atoms with Gasteiger partial charge in [0.25, 0.3) is 0 Å². The van der Waals surface area contributed by atoms with Crippen molar-refractivity contribution in [3.63, 3.8) is 0 Å². The van der Waals surface area contributed by atoms with E-state index in [0.717, 1.165) is 25.7 Å². The first kappa shape index (κ1) is 17.4. The SMILES string of the molecule is O=C(CSc1nnnn1-c1ccc(C(=O)[O-])cc1)NC1CCCCC1. The smallest absolute Gasteiger partial charge is 0.230 e. The highest BCUT2D eigenvalue weighted by molar-refractivity contribution is 7.99. The average Bonchev–Trinajstić information content (AvgIpc) is 3.09. The van der Waals surface area contributed by atoms with Crippen molar-refractivity contribution >= 4 is 23.6 Å². The molecule has 132 valence electrons. The van der Waals surface area contributed by atoms with Gasteiger partial charge in [0.1, 0.15) is 0 Å². The molecule has 0 atom stereocenters. The molecule has 1 N–H and O–H groups in total. The van der Waals surface area contributed by atoms with Crippen molar-refractivity contribution in [3.8, 4) is 5.69 Å². The summed E-state index contributed by atoms with van der Waals surface area (Å²) in [7, 11) is 0. The predicted molar refractivity (Wildman–Crippen MR) is 89.2 cm³/mol. The van der Waals surface area contributed by atoms with Crippen LogP contribution in [0, 0.1) is 0 Å². The number of nitrogens with one attached hydrogen (secondary N) is 1. The van der Waals surface area contributed by atoms with Crippen molar-refractivity contribution in [3.05, 3.63) is 29.8 Å². The molecule has 0 unspecified atom stereocenters. The lowest BCUT2D eigenvalue weighted by atomic mass is 9.95. The summed E-state index contributed by atoms with van der Waals surface area (Å²) in [4.78, 5) is 22.9. The van der Waals surface area contributed by atoms with Gasteiger partial charge >= 0.3 is 0 Å². The van der Waals surface area contributed by atoms with Crippen LogP contribution in [0.15, 0.2) is 29.4 Å². The second-order valence-corrected chi connectivity index (χ2v) is 6.84. The number of thioether (sulfide) groups is 1. The Kier molecular flexibility index (Phi) is 5.64. The molecule has 8 nitrogen and oxygen atoms in total. The summed E-state index contributed by atoms with van der Waals surface area (Å²) >= 11 is 1.24. The largest absolute Gasteiger partial charge is 0.545 e. The summed E-state index contributed by atoms with van der Waals surface area (Å²) in [6.07, 6.45) is 5.65. The molecule has 1 aliphatic rings. The second kappa shape index (κ2) is 8.11. The molecule has 0 aliphatic heterocycles. The maximum atomic E-state index is 12.1. The van der Waals surface area contributed by atoms with E-state index in [1.165, 1.54) is 35.0 Å². The number of aromatic carboxylic acids is 1. The van der Waals surface area contributed by atoms with Gasteiger partial charge in [0.05, 0.1) is 17.4 Å². The van der Waals surface area contributed by atoms with E-state index in [0.29, 0.717) is 10.8 Å². The monoisotopic (exact) mass is 360 g/mol. The molecule has 1 heterocycles. The van der Waals surface area contributed by atoms with Crippen LogP contribution < -0.4 is 10.4 Å². The van der Waals surface area contributed by atoms with Gasteiger partial charge < -0.3 is 15.2 Å². The van der Waals surface area contributed by atoms with Gasteiger partial charge in [-0.1, -0.05) is 43.2 Å². The number of carboxylic acid groups (broad SMARTS) is 1. The number of tetrazole rings is 1. The highest BCUT2D eigenvalue weighted by Gasteiger charge is 2.17. The van der Waals surface area contributed by atoms with Gasteiger partial charge in [-0.15, -0.1) is 5.10 Å². The fraction of sp³-hybridized carbons (Fsp3) is 0.438. The Bertz CT molecular complexity index is 740. The molecular weight excluding hydrogens is 342 g/mol. The van der Waals surface area contributed by atoms with Gasteiger partial charge in [-0.3, -0.25) is 4.79 Å². The molecule has 25 heavy (non-hydrogen) atoms. The second-order valence-electron chi connectivity index (χ2n) is 5.90. The van der Waals surface area contributed by atoms with Crippen molar-refractivity contribution in [1.29, 1.82) is 0 Å². The standard InChI is InChI=1S/C16H19N5O3S/c22-14(17-12-4-2-1-3-5-12)10-25-16-18-19-20-21(16)13-8-6-11(7-9-13)15(23)24/h6-9,12H,1-5,10H2,(H,17,22)(H,23,24)/p-1. The minimum atomic E-state index is -1.24. The van der Waals surface area contributed by atoms with Gasteiger partial charge in [0, 0.05) is 6.04 Å². The number of hydrogen-bond donors (Lipinski definition) is 1. The van der Waals surface area contributed by atoms with Crippen LogP contribution >= 0.6 is 11.8 Å². The molecule has 0 spiro atoms. The number of nitrogens with zero attached hydrogens (tertiary/aromatic N) is 4. The van der Waals surface area contributed by atoms with Crippen molar-refractivity contribution in [2.75, 3.05) is 5.75 Å². The average molecular weight is 360 g/mol. The number of aromatic nitrogens is 4. The van der Waals surface area contributed by atoms with E-state index in [4.69, 9.17) is 0 Å². The van der Waals surface area contributed by atoms with Gasteiger partial charge in [-0.25, -0.2) is 0 Å². The molecule has 1 fully saturated rings. The number of carbonyl (C=O) groups excluding carboxylic acids is 2. The minimum absolute atomic E-state index is 0.0289. The van der Waals surface area contributed by atoms with Crippen molar-refractivity contribution in [2.24, 2.45) is 0 Å². The van der Waals surface area contributed by atoms with Gasteiger partial charge in [0.15, 0.2) is 0 Å². The zero-order valence-electron chi connectivity index (χ0n) is 13.6. The van der Waals surface area contributed by atoms with E-state index in [2.05, 4.69) is 20.8 Å². The molecule has 1 aromatic heterocycles. The lowest BCUT2D eigenvalue weighted by Gasteiger charge is -2.22. The third-order valence-corrected chi connectivity index (χ3v) is 5.01. The fourth-order valence-corrected chi connectivity index (χ4v) is 3.52. The number of carbonyl (C=O) groups is 2. The Balaban J connectivity index is 1.59. The number of carboxylic acids is 1. The molecule has 9 heteroatoms. The minimum Gasteiger partial charge on any atom is -0.545 e. The zero-order chi connectivity index (χ0) is 17.6. The Morgan fingerprint density at radius 3 is 2.60 bits per heavy atom. The van der Waals surface area contributed by atoms with Crippen LogP contribution in [0.5, 0.6) is 0 Å². The quantitative estimate of drug-likeness (QED) is 0.749. The Labute approximate surface area is 149 Å². The first-order valence-corrected chi connectivity index (χ1v) is 9.14. The Hall–Kier alpha value is -2.42. The van der Waals surface area contributed by atoms with Crippen LogP contribution in [0.4, 0.5) is 0 Å². The van der Waals surface area contributed by atoms with Crippen LogP contribution in [0.1, 0.15) is 42.5 Å². The lowest BCUT2D eigenvalue weighted by molar-refractivity contribution is -0.255. The molecule has 2 aromatic rings. The third-order valence-electron chi connectivity index (χ3n) is 4.09. The Morgan fingerprint density at radius 2 is 1.92 bits per heavy atom. The van der Waals surface area contributed by atoms with E-state index >= 15 is 0 Å². The molecule has 0 saturated heterocycles. The highest BCUT2D eigenvalue weighted by atomic mass is 32.2.